The molecule has 1 amide bonds. The maximum absolute atomic E-state index is 11.9. The molecule has 5 heteroatoms. The Morgan fingerprint density at radius 1 is 1.17 bits per heavy atom. The minimum atomic E-state index is -0.197. The second kappa shape index (κ2) is 8.88. The first-order valence-corrected chi connectivity index (χ1v) is 7.97. The van der Waals surface area contributed by atoms with Gasteiger partial charge in [0.05, 0.1) is 18.5 Å². The summed E-state index contributed by atoms with van der Waals surface area (Å²) in [7, 11) is 0. The molecule has 0 bridgehead atoms. The molecule has 1 heterocycles. The van der Waals surface area contributed by atoms with E-state index in [1.54, 1.807) is 6.20 Å². The fourth-order valence-corrected chi connectivity index (χ4v) is 2.01. The van der Waals surface area contributed by atoms with Crippen molar-refractivity contribution in [3.8, 4) is 5.75 Å². The third kappa shape index (κ3) is 5.70. The van der Waals surface area contributed by atoms with Crippen LogP contribution >= 0.6 is 0 Å². The molecule has 0 unspecified atom stereocenters. The maximum atomic E-state index is 11.9. The van der Waals surface area contributed by atoms with Gasteiger partial charge in [0.1, 0.15) is 11.4 Å². The first-order chi connectivity index (χ1) is 11.2. The number of aryl methyl sites for hydroxylation is 1. The average molecular weight is 313 g/mol. The van der Waals surface area contributed by atoms with Crippen LogP contribution in [0.3, 0.4) is 0 Å². The van der Waals surface area contributed by atoms with E-state index >= 15 is 0 Å². The highest BCUT2D eigenvalue weighted by Gasteiger charge is 2.06. The zero-order valence-electron chi connectivity index (χ0n) is 13.7. The minimum Gasteiger partial charge on any atom is -0.494 e. The second-order valence-corrected chi connectivity index (χ2v) is 5.39. The smallest absolute Gasteiger partial charge is 0.271 e. The Bertz CT molecular complexity index is 609. The topological polar surface area (TPSA) is 64.1 Å². The number of ether oxygens (including phenoxy) is 1. The van der Waals surface area contributed by atoms with Crippen LogP contribution in [0, 0.1) is 6.92 Å². The Balaban J connectivity index is 1.75. The summed E-state index contributed by atoms with van der Waals surface area (Å²) in [6.07, 6.45) is 6.04. The summed E-state index contributed by atoms with van der Waals surface area (Å²) in [5.41, 5.74) is 2.29. The van der Waals surface area contributed by atoms with Gasteiger partial charge >= 0.3 is 0 Å². The van der Waals surface area contributed by atoms with Crippen LogP contribution in [-0.2, 0) is 6.42 Å². The Labute approximate surface area is 137 Å². The SMILES string of the molecule is CCCCOc1ccc(CCNC(=O)c2cnc(C)cn2)cc1. The number of carbonyl (C=O) groups excluding carboxylic acids is 1. The molecular weight excluding hydrogens is 290 g/mol. The van der Waals surface area contributed by atoms with Crippen LogP contribution in [0.1, 0.15) is 41.5 Å². The molecule has 0 aliphatic carbocycles. The summed E-state index contributed by atoms with van der Waals surface area (Å²) in [5, 5.41) is 2.85. The van der Waals surface area contributed by atoms with Gasteiger partial charge in [0.15, 0.2) is 0 Å². The molecule has 0 radical (unpaired) electrons. The molecule has 5 nitrogen and oxygen atoms in total. The Morgan fingerprint density at radius 2 is 1.96 bits per heavy atom. The van der Waals surface area contributed by atoms with Gasteiger partial charge < -0.3 is 10.1 Å². The van der Waals surface area contributed by atoms with Crippen LogP contribution in [0.2, 0.25) is 0 Å². The van der Waals surface area contributed by atoms with Crippen molar-refractivity contribution >= 4 is 5.91 Å². The molecule has 0 aliphatic rings. The summed E-state index contributed by atoms with van der Waals surface area (Å²) >= 11 is 0. The van der Waals surface area contributed by atoms with E-state index < -0.39 is 0 Å². The van der Waals surface area contributed by atoms with E-state index in [9.17, 15) is 4.79 Å². The molecule has 2 rings (SSSR count). The zero-order chi connectivity index (χ0) is 16.5. The number of nitrogens with zero attached hydrogens (tertiary/aromatic N) is 2. The number of nitrogens with one attached hydrogen (secondary N) is 1. The van der Waals surface area contributed by atoms with Crippen molar-refractivity contribution < 1.29 is 9.53 Å². The molecule has 0 saturated heterocycles. The molecule has 0 fully saturated rings. The van der Waals surface area contributed by atoms with Crippen molar-refractivity contribution in [3.63, 3.8) is 0 Å². The molecule has 0 spiro atoms. The monoisotopic (exact) mass is 313 g/mol. The highest BCUT2D eigenvalue weighted by atomic mass is 16.5. The van der Waals surface area contributed by atoms with Gasteiger partial charge in [-0.2, -0.15) is 0 Å². The third-order valence-corrected chi connectivity index (χ3v) is 3.40. The molecule has 1 N–H and O–H groups in total. The number of hydrogen-bond donors (Lipinski definition) is 1. The van der Waals surface area contributed by atoms with Crippen LogP contribution in [0.25, 0.3) is 0 Å². The second-order valence-electron chi connectivity index (χ2n) is 5.39. The average Bonchev–Trinajstić information content (AvgIpc) is 2.57. The van der Waals surface area contributed by atoms with Crippen molar-refractivity contribution in [1.29, 1.82) is 0 Å². The van der Waals surface area contributed by atoms with Gasteiger partial charge in [-0.05, 0) is 37.5 Å². The van der Waals surface area contributed by atoms with Crippen LogP contribution in [0.4, 0.5) is 0 Å². The van der Waals surface area contributed by atoms with Crippen molar-refractivity contribution in [2.45, 2.75) is 33.1 Å². The van der Waals surface area contributed by atoms with Gasteiger partial charge in [-0.25, -0.2) is 4.98 Å². The zero-order valence-corrected chi connectivity index (χ0v) is 13.7. The number of benzene rings is 1. The molecule has 2 aromatic rings. The van der Waals surface area contributed by atoms with E-state index in [4.69, 9.17) is 4.74 Å². The highest BCUT2D eigenvalue weighted by molar-refractivity contribution is 5.91. The lowest BCUT2D eigenvalue weighted by Gasteiger charge is -2.07. The fraction of sp³-hybridized carbons (Fsp3) is 0.389. The normalized spacial score (nSPS) is 10.3. The summed E-state index contributed by atoms with van der Waals surface area (Å²) in [6, 6.07) is 7.99. The lowest BCUT2D eigenvalue weighted by molar-refractivity contribution is 0.0948. The first-order valence-electron chi connectivity index (χ1n) is 7.97. The number of amides is 1. The first kappa shape index (κ1) is 16.9. The molecule has 0 atom stereocenters. The number of carbonyl (C=O) groups is 1. The van der Waals surface area contributed by atoms with Crippen LogP contribution in [-0.4, -0.2) is 29.0 Å². The van der Waals surface area contributed by atoms with Gasteiger partial charge in [-0.3, -0.25) is 9.78 Å². The quantitative estimate of drug-likeness (QED) is 0.761. The number of rotatable bonds is 8. The molecule has 1 aromatic heterocycles. The van der Waals surface area contributed by atoms with Crippen LogP contribution < -0.4 is 10.1 Å². The van der Waals surface area contributed by atoms with Crippen LogP contribution in [0.5, 0.6) is 5.75 Å². The molecule has 23 heavy (non-hydrogen) atoms. The molecule has 122 valence electrons. The number of aromatic nitrogens is 2. The largest absolute Gasteiger partial charge is 0.494 e. The van der Waals surface area contributed by atoms with Gasteiger partial charge in [0.25, 0.3) is 5.91 Å². The predicted molar refractivity (Wildman–Crippen MR) is 89.7 cm³/mol. The lowest BCUT2D eigenvalue weighted by atomic mass is 10.1. The van der Waals surface area contributed by atoms with Crippen LogP contribution in [0.15, 0.2) is 36.7 Å². The van der Waals surface area contributed by atoms with Crippen molar-refractivity contribution in [1.82, 2.24) is 15.3 Å². The summed E-state index contributed by atoms with van der Waals surface area (Å²) in [5.74, 6) is 0.693. The number of unbranched alkanes of at least 4 members (excludes halogenated alkanes) is 1. The maximum Gasteiger partial charge on any atom is 0.271 e. The Hall–Kier alpha value is -2.43. The highest BCUT2D eigenvalue weighted by Crippen LogP contribution is 2.13. The van der Waals surface area contributed by atoms with E-state index in [0.29, 0.717) is 12.2 Å². The van der Waals surface area contributed by atoms with E-state index in [1.807, 2.05) is 31.2 Å². The van der Waals surface area contributed by atoms with E-state index in [-0.39, 0.29) is 5.91 Å². The third-order valence-electron chi connectivity index (χ3n) is 3.40. The number of hydrogen-bond acceptors (Lipinski definition) is 4. The predicted octanol–water partition coefficient (Wildman–Crippen LogP) is 2.94. The van der Waals surface area contributed by atoms with Crippen molar-refractivity contribution in [3.05, 3.63) is 53.6 Å². The van der Waals surface area contributed by atoms with Gasteiger partial charge in [0, 0.05) is 12.7 Å². The van der Waals surface area contributed by atoms with Gasteiger partial charge in [-0.15, -0.1) is 0 Å². The molecular formula is C18H23N3O2. The summed E-state index contributed by atoms with van der Waals surface area (Å²) in [4.78, 5) is 20.0. The summed E-state index contributed by atoms with van der Waals surface area (Å²) < 4.78 is 5.63. The molecule has 1 aromatic carbocycles. The molecule has 0 saturated carbocycles. The van der Waals surface area contributed by atoms with Gasteiger partial charge in [-0.1, -0.05) is 25.5 Å². The van der Waals surface area contributed by atoms with Crippen molar-refractivity contribution in [2.24, 2.45) is 0 Å². The molecule has 0 aliphatic heterocycles. The van der Waals surface area contributed by atoms with E-state index in [1.165, 1.54) is 6.20 Å². The summed E-state index contributed by atoms with van der Waals surface area (Å²) in [6.45, 7) is 5.29. The Morgan fingerprint density at radius 3 is 2.61 bits per heavy atom. The van der Waals surface area contributed by atoms with E-state index in [2.05, 4.69) is 22.2 Å². The standard InChI is InChI=1S/C18H23N3O2/c1-3-4-11-23-16-7-5-15(6-8-16)9-10-19-18(22)17-13-20-14(2)12-21-17/h5-8,12-13H,3-4,9-11H2,1-2H3,(H,19,22). The lowest BCUT2D eigenvalue weighted by Crippen LogP contribution is -2.26. The Kier molecular flexibility index (Phi) is 6.54. The van der Waals surface area contributed by atoms with Gasteiger partial charge in [0.2, 0.25) is 0 Å². The fourth-order valence-electron chi connectivity index (χ4n) is 2.01. The minimum absolute atomic E-state index is 0.197. The van der Waals surface area contributed by atoms with Crippen molar-refractivity contribution in [2.75, 3.05) is 13.2 Å². The van der Waals surface area contributed by atoms with E-state index in [0.717, 1.165) is 42.9 Å².